The third-order valence-electron chi connectivity index (χ3n) is 3.61. The lowest BCUT2D eigenvalue weighted by atomic mass is 9.98. The first-order chi connectivity index (χ1) is 9.74. The van der Waals surface area contributed by atoms with Gasteiger partial charge in [-0.25, -0.2) is 0 Å². The zero-order chi connectivity index (χ0) is 13.9. The van der Waals surface area contributed by atoms with Gasteiger partial charge in [-0.3, -0.25) is 4.98 Å². The maximum absolute atomic E-state index is 10.5. The Kier molecular flexibility index (Phi) is 3.48. The van der Waals surface area contributed by atoms with Gasteiger partial charge in [0.25, 0.3) is 0 Å². The number of benzene rings is 2. The van der Waals surface area contributed by atoms with Crippen LogP contribution in [0.1, 0.15) is 22.8 Å². The maximum Gasteiger partial charge on any atom is 0.0851 e. The SMILES string of the molecule is Cc1ccc(CC(O)c2cncc3ccccc23)cc1. The highest BCUT2D eigenvalue weighted by Gasteiger charge is 2.12. The molecule has 2 aromatic carbocycles. The molecule has 1 aromatic heterocycles. The summed E-state index contributed by atoms with van der Waals surface area (Å²) < 4.78 is 0. The minimum atomic E-state index is -0.531. The minimum absolute atomic E-state index is 0.531. The van der Waals surface area contributed by atoms with Crippen molar-refractivity contribution in [2.24, 2.45) is 0 Å². The number of aliphatic hydroxyl groups excluding tert-OH is 1. The number of aryl methyl sites for hydroxylation is 1. The van der Waals surface area contributed by atoms with Gasteiger partial charge in [0.2, 0.25) is 0 Å². The molecule has 1 N–H and O–H groups in total. The van der Waals surface area contributed by atoms with Gasteiger partial charge in [-0.1, -0.05) is 54.1 Å². The zero-order valence-electron chi connectivity index (χ0n) is 11.5. The molecule has 3 aromatic rings. The molecule has 0 fully saturated rings. The number of aliphatic hydroxyl groups is 1. The van der Waals surface area contributed by atoms with Crippen LogP contribution in [0.5, 0.6) is 0 Å². The molecular weight excluding hydrogens is 246 g/mol. The molecule has 0 aliphatic heterocycles. The molecule has 1 atom stereocenters. The molecule has 1 unspecified atom stereocenters. The number of aromatic nitrogens is 1. The van der Waals surface area contributed by atoms with Gasteiger partial charge in [-0.05, 0) is 17.9 Å². The monoisotopic (exact) mass is 263 g/mol. The van der Waals surface area contributed by atoms with Crippen molar-refractivity contribution in [3.63, 3.8) is 0 Å². The van der Waals surface area contributed by atoms with Gasteiger partial charge >= 0.3 is 0 Å². The van der Waals surface area contributed by atoms with E-state index in [4.69, 9.17) is 0 Å². The smallest absolute Gasteiger partial charge is 0.0851 e. The molecule has 0 saturated heterocycles. The second-order valence-electron chi connectivity index (χ2n) is 5.16. The summed E-state index contributed by atoms with van der Waals surface area (Å²) >= 11 is 0. The van der Waals surface area contributed by atoms with E-state index < -0.39 is 6.10 Å². The van der Waals surface area contributed by atoms with Crippen LogP contribution in [0.2, 0.25) is 0 Å². The molecule has 0 aliphatic rings. The van der Waals surface area contributed by atoms with Gasteiger partial charge in [0.1, 0.15) is 0 Å². The predicted octanol–water partition coefficient (Wildman–Crippen LogP) is 3.82. The van der Waals surface area contributed by atoms with Gasteiger partial charge in [-0.2, -0.15) is 0 Å². The zero-order valence-corrected chi connectivity index (χ0v) is 11.5. The van der Waals surface area contributed by atoms with Gasteiger partial charge in [0.05, 0.1) is 6.10 Å². The quantitative estimate of drug-likeness (QED) is 0.779. The maximum atomic E-state index is 10.5. The van der Waals surface area contributed by atoms with Gasteiger partial charge in [-0.15, -0.1) is 0 Å². The second-order valence-corrected chi connectivity index (χ2v) is 5.16. The molecule has 3 rings (SSSR count). The average Bonchev–Trinajstić information content (AvgIpc) is 2.49. The van der Waals surface area contributed by atoms with E-state index in [2.05, 4.69) is 36.2 Å². The Bertz CT molecular complexity index is 714. The Morgan fingerprint density at radius 2 is 1.75 bits per heavy atom. The third-order valence-corrected chi connectivity index (χ3v) is 3.61. The molecule has 1 heterocycles. The Morgan fingerprint density at radius 3 is 2.55 bits per heavy atom. The van der Waals surface area contributed by atoms with Crippen molar-refractivity contribution in [1.29, 1.82) is 0 Å². The standard InChI is InChI=1S/C18H17NO/c1-13-6-8-14(9-7-13)10-18(20)17-12-19-11-15-4-2-3-5-16(15)17/h2-9,11-12,18,20H,10H2,1H3. The Balaban J connectivity index is 1.92. The summed E-state index contributed by atoms with van der Waals surface area (Å²) in [5.41, 5.74) is 3.26. The summed E-state index contributed by atoms with van der Waals surface area (Å²) in [7, 11) is 0. The van der Waals surface area contributed by atoms with Gasteiger partial charge in [0, 0.05) is 29.8 Å². The molecule has 0 saturated carbocycles. The molecule has 2 nitrogen and oxygen atoms in total. The Hall–Kier alpha value is -2.19. The number of fused-ring (bicyclic) bond motifs is 1. The summed E-state index contributed by atoms with van der Waals surface area (Å²) in [6.07, 6.45) is 3.67. The van der Waals surface area contributed by atoms with Crippen LogP contribution in [0.4, 0.5) is 0 Å². The molecule has 20 heavy (non-hydrogen) atoms. The van der Waals surface area contributed by atoms with E-state index in [0.29, 0.717) is 6.42 Å². The molecule has 0 aliphatic carbocycles. The van der Waals surface area contributed by atoms with E-state index in [1.807, 2.05) is 30.5 Å². The first-order valence-electron chi connectivity index (χ1n) is 6.80. The van der Waals surface area contributed by atoms with E-state index in [-0.39, 0.29) is 0 Å². The topological polar surface area (TPSA) is 33.1 Å². The molecular formula is C18H17NO. The summed E-state index contributed by atoms with van der Waals surface area (Å²) in [5, 5.41) is 12.6. The molecule has 0 radical (unpaired) electrons. The van der Waals surface area contributed by atoms with Crippen molar-refractivity contribution < 1.29 is 5.11 Å². The predicted molar refractivity (Wildman–Crippen MR) is 81.6 cm³/mol. The van der Waals surface area contributed by atoms with Crippen LogP contribution in [-0.4, -0.2) is 10.1 Å². The van der Waals surface area contributed by atoms with E-state index in [0.717, 1.165) is 21.9 Å². The van der Waals surface area contributed by atoms with Crippen LogP contribution in [0.25, 0.3) is 10.8 Å². The highest BCUT2D eigenvalue weighted by atomic mass is 16.3. The number of rotatable bonds is 3. The van der Waals surface area contributed by atoms with Crippen LogP contribution >= 0.6 is 0 Å². The number of hydrogen-bond donors (Lipinski definition) is 1. The third kappa shape index (κ3) is 2.56. The average molecular weight is 263 g/mol. The number of nitrogens with zero attached hydrogens (tertiary/aromatic N) is 1. The first-order valence-corrected chi connectivity index (χ1v) is 6.80. The molecule has 100 valence electrons. The van der Waals surface area contributed by atoms with Crippen LogP contribution in [0.15, 0.2) is 60.9 Å². The first kappa shape index (κ1) is 12.8. The summed E-state index contributed by atoms with van der Waals surface area (Å²) in [5.74, 6) is 0. The molecule has 2 heteroatoms. The van der Waals surface area contributed by atoms with E-state index in [1.54, 1.807) is 6.20 Å². The van der Waals surface area contributed by atoms with Crippen LogP contribution < -0.4 is 0 Å². The highest BCUT2D eigenvalue weighted by molar-refractivity contribution is 5.84. The van der Waals surface area contributed by atoms with Gasteiger partial charge in [0.15, 0.2) is 0 Å². The van der Waals surface area contributed by atoms with E-state index in [9.17, 15) is 5.11 Å². The fourth-order valence-corrected chi connectivity index (χ4v) is 2.46. The summed E-state index contributed by atoms with van der Waals surface area (Å²) in [6, 6.07) is 16.3. The van der Waals surface area contributed by atoms with E-state index in [1.165, 1.54) is 5.56 Å². The number of pyridine rings is 1. The second kappa shape index (κ2) is 5.43. The molecule has 0 spiro atoms. The summed E-state index contributed by atoms with van der Waals surface area (Å²) in [6.45, 7) is 2.06. The lowest BCUT2D eigenvalue weighted by Gasteiger charge is -2.13. The van der Waals surface area contributed by atoms with Crippen molar-refractivity contribution in [2.75, 3.05) is 0 Å². The van der Waals surface area contributed by atoms with Crippen LogP contribution in [0, 0.1) is 6.92 Å². The fraction of sp³-hybridized carbons (Fsp3) is 0.167. The number of hydrogen-bond acceptors (Lipinski definition) is 2. The van der Waals surface area contributed by atoms with E-state index >= 15 is 0 Å². The normalized spacial score (nSPS) is 12.5. The van der Waals surface area contributed by atoms with Crippen LogP contribution in [0.3, 0.4) is 0 Å². The lowest BCUT2D eigenvalue weighted by molar-refractivity contribution is 0.179. The van der Waals surface area contributed by atoms with Crippen molar-refractivity contribution in [1.82, 2.24) is 4.98 Å². The lowest BCUT2D eigenvalue weighted by Crippen LogP contribution is -2.03. The van der Waals surface area contributed by atoms with Crippen LogP contribution in [-0.2, 0) is 6.42 Å². The molecule has 0 bridgehead atoms. The van der Waals surface area contributed by atoms with Gasteiger partial charge < -0.3 is 5.11 Å². The highest BCUT2D eigenvalue weighted by Crippen LogP contribution is 2.25. The van der Waals surface area contributed by atoms with Crippen molar-refractivity contribution in [3.05, 3.63) is 77.6 Å². The molecule has 0 amide bonds. The minimum Gasteiger partial charge on any atom is -0.388 e. The fourth-order valence-electron chi connectivity index (χ4n) is 2.46. The Labute approximate surface area is 118 Å². The summed E-state index contributed by atoms with van der Waals surface area (Å²) in [4.78, 5) is 4.23. The van der Waals surface area contributed by atoms with Crippen molar-refractivity contribution in [2.45, 2.75) is 19.4 Å². The largest absolute Gasteiger partial charge is 0.388 e. The van der Waals surface area contributed by atoms with Crippen molar-refractivity contribution >= 4 is 10.8 Å². The Morgan fingerprint density at radius 1 is 1.00 bits per heavy atom. The van der Waals surface area contributed by atoms with Crippen molar-refractivity contribution in [3.8, 4) is 0 Å².